The van der Waals surface area contributed by atoms with Gasteiger partial charge in [-0.15, -0.1) is 11.3 Å². The van der Waals surface area contributed by atoms with Gasteiger partial charge in [0.05, 0.1) is 0 Å². The van der Waals surface area contributed by atoms with Gasteiger partial charge in [-0.25, -0.2) is 9.18 Å². The molecule has 6 heteroatoms. The number of ether oxygens (including phenoxy) is 1. The lowest BCUT2D eigenvalue weighted by molar-refractivity contribution is -0.133. The third kappa shape index (κ3) is 4.49. The van der Waals surface area contributed by atoms with E-state index in [1.165, 1.54) is 38.8 Å². The molecule has 1 amide bonds. The highest BCUT2D eigenvalue weighted by molar-refractivity contribution is 7.14. The molecule has 1 aliphatic carbocycles. The average Bonchev–Trinajstić information content (AvgIpc) is 3.02. The van der Waals surface area contributed by atoms with Gasteiger partial charge in [-0.2, -0.15) is 0 Å². The van der Waals surface area contributed by atoms with E-state index in [1.807, 2.05) is 6.07 Å². The number of amides is 1. The van der Waals surface area contributed by atoms with E-state index in [1.54, 1.807) is 19.2 Å². The van der Waals surface area contributed by atoms with Crippen molar-refractivity contribution in [3.8, 4) is 0 Å². The highest BCUT2D eigenvalue weighted by Crippen LogP contribution is 2.32. The monoisotopic (exact) mass is 375 g/mol. The minimum atomic E-state index is -0.454. The van der Waals surface area contributed by atoms with Crippen LogP contribution >= 0.6 is 11.3 Å². The van der Waals surface area contributed by atoms with Crippen LogP contribution in [0.1, 0.15) is 39.0 Å². The van der Waals surface area contributed by atoms with Gasteiger partial charge in [0, 0.05) is 18.5 Å². The number of thiophene rings is 1. The molecule has 138 valence electrons. The Labute approximate surface area is 156 Å². The SMILES string of the molecule is C[C@@H]1CCc2sc(C(=O)OCC(=O)N(C)Cc3cccc(F)c3)cc2C1. The van der Waals surface area contributed by atoms with E-state index in [2.05, 4.69) is 6.92 Å². The Hall–Kier alpha value is -2.21. The fourth-order valence-electron chi connectivity index (χ4n) is 3.11. The molecule has 0 N–H and O–H groups in total. The zero-order chi connectivity index (χ0) is 18.7. The molecule has 0 aliphatic heterocycles. The maximum absolute atomic E-state index is 13.2. The number of rotatable bonds is 5. The van der Waals surface area contributed by atoms with Gasteiger partial charge in [0.2, 0.25) is 0 Å². The van der Waals surface area contributed by atoms with E-state index in [9.17, 15) is 14.0 Å². The summed E-state index contributed by atoms with van der Waals surface area (Å²) in [5.74, 6) is -0.480. The van der Waals surface area contributed by atoms with Gasteiger partial charge in [-0.1, -0.05) is 19.1 Å². The van der Waals surface area contributed by atoms with Crippen molar-refractivity contribution in [1.29, 1.82) is 0 Å². The van der Waals surface area contributed by atoms with E-state index < -0.39 is 5.97 Å². The third-order valence-corrected chi connectivity index (χ3v) is 5.81. The normalized spacial score (nSPS) is 16.0. The predicted molar refractivity (Wildman–Crippen MR) is 98.7 cm³/mol. The molecule has 1 heterocycles. The van der Waals surface area contributed by atoms with E-state index >= 15 is 0 Å². The molecule has 0 radical (unpaired) electrons. The molecule has 0 saturated carbocycles. The molecule has 0 bridgehead atoms. The zero-order valence-corrected chi connectivity index (χ0v) is 15.8. The Morgan fingerprint density at radius 3 is 2.92 bits per heavy atom. The van der Waals surface area contributed by atoms with Crippen molar-refractivity contribution in [3.63, 3.8) is 0 Å². The van der Waals surface area contributed by atoms with Crippen molar-refractivity contribution in [2.75, 3.05) is 13.7 Å². The summed E-state index contributed by atoms with van der Waals surface area (Å²) in [6.45, 7) is 2.16. The molecule has 0 fully saturated rings. The maximum atomic E-state index is 13.2. The number of benzene rings is 1. The second-order valence-electron chi connectivity index (χ2n) is 6.86. The van der Waals surface area contributed by atoms with Crippen molar-refractivity contribution in [2.45, 2.75) is 32.7 Å². The minimum Gasteiger partial charge on any atom is -0.451 e. The lowest BCUT2D eigenvalue weighted by Crippen LogP contribution is -2.30. The second-order valence-corrected chi connectivity index (χ2v) is 8.00. The molecule has 1 atom stereocenters. The first-order chi connectivity index (χ1) is 12.4. The summed E-state index contributed by atoms with van der Waals surface area (Å²) in [7, 11) is 1.60. The number of fused-ring (bicyclic) bond motifs is 1. The first-order valence-electron chi connectivity index (χ1n) is 8.69. The summed E-state index contributed by atoms with van der Waals surface area (Å²) in [5, 5.41) is 0. The number of nitrogens with zero attached hydrogens (tertiary/aromatic N) is 1. The van der Waals surface area contributed by atoms with E-state index in [0.29, 0.717) is 16.4 Å². The molecule has 26 heavy (non-hydrogen) atoms. The van der Waals surface area contributed by atoms with Gasteiger partial charge < -0.3 is 9.64 Å². The smallest absolute Gasteiger partial charge is 0.348 e. The molecule has 0 unspecified atom stereocenters. The first kappa shape index (κ1) is 18.6. The van der Waals surface area contributed by atoms with Crippen LogP contribution in [0.25, 0.3) is 0 Å². The van der Waals surface area contributed by atoms with Crippen molar-refractivity contribution in [3.05, 3.63) is 57.0 Å². The van der Waals surface area contributed by atoms with Crippen LogP contribution in [0.4, 0.5) is 4.39 Å². The Balaban J connectivity index is 1.53. The van der Waals surface area contributed by atoms with Crippen LogP contribution in [0.5, 0.6) is 0 Å². The molecule has 1 aromatic carbocycles. The Morgan fingerprint density at radius 1 is 1.35 bits per heavy atom. The van der Waals surface area contributed by atoms with Crippen LogP contribution in [0.15, 0.2) is 30.3 Å². The summed E-state index contributed by atoms with van der Waals surface area (Å²) in [6, 6.07) is 7.98. The van der Waals surface area contributed by atoms with Gasteiger partial charge in [-0.3, -0.25) is 4.79 Å². The standard InChI is InChI=1S/C20H22FNO3S/c1-13-6-7-17-15(8-13)10-18(26-17)20(24)25-12-19(23)22(2)11-14-4-3-5-16(21)9-14/h3-5,9-10,13H,6-8,11-12H2,1-2H3/t13-/m1/s1. The van der Waals surface area contributed by atoms with E-state index in [-0.39, 0.29) is 24.9 Å². The minimum absolute atomic E-state index is 0.263. The maximum Gasteiger partial charge on any atom is 0.348 e. The number of aryl methyl sites for hydroxylation is 1. The number of hydrogen-bond acceptors (Lipinski definition) is 4. The van der Waals surface area contributed by atoms with Crippen LogP contribution in [-0.4, -0.2) is 30.4 Å². The number of halogens is 1. The van der Waals surface area contributed by atoms with Crippen LogP contribution in [0, 0.1) is 11.7 Å². The van der Waals surface area contributed by atoms with E-state index in [4.69, 9.17) is 4.74 Å². The molecule has 0 saturated heterocycles. The lowest BCUT2D eigenvalue weighted by Gasteiger charge is -2.17. The molecule has 2 aromatic rings. The zero-order valence-electron chi connectivity index (χ0n) is 15.0. The Kier molecular flexibility index (Phi) is 5.71. The highest BCUT2D eigenvalue weighted by Gasteiger charge is 2.22. The summed E-state index contributed by atoms with van der Waals surface area (Å²) in [4.78, 5) is 27.6. The molecular formula is C20H22FNO3S. The quantitative estimate of drug-likeness (QED) is 0.746. The van der Waals surface area contributed by atoms with Gasteiger partial charge in [0.1, 0.15) is 10.7 Å². The Bertz CT molecular complexity index is 817. The summed E-state index contributed by atoms with van der Waals surface area (Å²) in [6.07, 6.45) is 3.14. The number of hydrogen-bond donors (Lipinski definition) is 0. The van der Waals surface area contributed by atoms with Gasteiger partial charge in [-0.05, 0) is 54.5 Å². The van der Waals surface area contributed by atoms with Crippen LogP contribution in [0.3, 0.4) is 0 Å². The molecule has 0 spiro atoms. The van der Waals surface area contributed by atoms with Crippen molar-refractivity contribution in [2.24, 2.45) is 5.92 Å². The van der Waals surface area contributed by atoms with Crippen LogP contribution < -0.4 is 0 Å². The molecule has 4 nitrogen and oxygen atoms in total. The van der Waals surface area contributed by atoms with Gasteiger partial charge in [0.15, 0.2) is 6.61 Å². The van der Waals surface area contributed by atoms with Gasteiger partial charge >= 0.3 is 5.97 Å². The fourth-order valence-corrected chi connectivity index (χ4v) is 4.21. The van der Waals surface area contributed by atoms with E-state index in [0.717, 1.165) is 19.3 Å². The second kappa shape index (κ2) is 7.99. The third-order valence-electron chi connectivity index (χ3n) is 4.59. The highest BCUT2D eigenvalue weighted by atomic mass is 32.1. The summed E-state index contributed by atoms with van der Waals surface area (Å²) >= 11 is 1.47. The predicted octanol–water partition coefficient (Wildman–Crippen LogP) is 3.83. The van der Waals surface area contributed by atoms with Crippen molar-refractivity contribution >= 4 is 23.2 Å². The Morgan fingerprint density at radius 2 is 2.15 bits per heavy atom. The lowest BCUT2D eigenvalue weighted by atomic mass is 9.90. The molecule has 1 aliphatic rings. The van der Waals surface area contributed by atoms with Crippen molar-refractivity contribution in [1.82, 2.24) is 4.90 Å². The largest absolute Gasteiger partial charge is 0.451 e. The average molecular weight is 375 g/mol. The number of esters is 1. The number of likely N-dealkylation sites (N-methyl/N-ethyl adjacent to an activating group) is 1. The topological polar surface area (TPSA) is 46.6 Å². The molecule has 1 aromatic heterocycles. The number of carbonyl (C=O) groups excluding carboxylic acids is 2. The summed E-state index contributed by atoms with van der Waals surface area (Å²) in [5.41, 5.74) is 1.92. The first-order valence-corrected chi connectivity index (χ1v) is 9.51. The van der Waals surface area contributed by atoms with Gasteiger partial charge in [0.25, 0.3) is 5.91 Å². The molecule has 3 rings (SSSR count). The van der Waals surface area contributed by atoms with Crippen LogP contribution in [-0.2, 0) is 28.9 Å². The molecular weight excluding hydrogens is 353 g/mol. The van der Waals surface area contributed by atoms with Crippen LogP contribution in [0.2, 0.25) is 0 Å². The number of carbonyl (C=O) groups is 2. The fraction of sp³-hybridized carbons (Fsp3) is 0.400. The summed E-state index contributed by atoms with van der Waals surface area (Å²) < 4.78 is 18.4. The van der Waals surface area contributed by atoms with Crippen molar-refractivity contribution < 1.29 is 18.7 Å².